The number of benzene rings is 1. The Morgan fingerprint density at radius 3 is 2.70 bits per heavy atom. The number of para-hydroxylation sites is 1. The van der Waals surface area contributed by atoms with Crippen LogP contribution in [0.2, 0.25) is 0 Å². The van der Waals surface area contributed by atoms with Crippen molar-refractivity contribution in [3.8, 4) is 6.07 Å². The number of hydrogen-bond acceptors (Lipinski definition) is 6. The number of anilines is 1. The first-order valence-corrected chi connectivity index (χ1v) is 7.99. The van der Waals surface area contributed by atoms with E-state index in [0.717, 1.165) is 5.69 Å². The van der Waals surface area contributed by atoms with E-state index < -0.39 is 5.25 Å². The standard InChI is InChI=1S/C15H18N6OS/c1-11(23-15-19-18-12(2)21(15)17)14(22)20(10-6-9-16)13-7-4-3-5-8-13/h3-5,7-8,11H,6,10,17H2,1-2H3/t11-/m0/s1. The summed E-state index contributed by atoms with van der Waals surface area (Å²) < 4.78 is 1.36. The summed E-state index contributed by atoms with van der Waals surface area (Å²) in [6.07, 6.45) is 0.268. The molecule has 0 saturated heterocycles. The van der Waals surface area contributed by atoms with E-state index >= 15 is 0 Å². The fraction of sp³-hybridized carbons (Fsp3) is 0.333. The lowest BCUT2D eigenvalue weighted by molar-refractivity contribution is -0.117. The lowest BCUT2D eigenvalue weighted by atomic mass is 10.2. The van der Waals surface area contributed by atoms with Gasteiger partial charge in [-0.15, -0.1) is 10.2 Å². The molecular formula is C15H18N6OS. The highest BCUT2D eigenvalue weighted by Gasteiger charge is 2.24. The Kier molecular flexibility index (Phi) is 5.60. The molecule has 2 N–H and O–H groups in total. The van der Waals surface area contributed by atoms with Crippen LogP contribution in [-0.2, 0) is 4.79 Å². The van der Waals surface area contributed by atoms with E-state index in [4.69, 9.17) is 11.1 Å². The van der Waals surface area contributed by atoms with Crippen LogP contribution in [0.3, 0.4) is 0 Å². The molecule has 23 heavy (non-hydrogen) atoms. The van der Waals surface area contributed by atoms with Gasteiger partial charge >= 0.3 is 0 Å². The van der Waals surface area contributed by atoms with Gasteiger partial charge in [0.25, 0.3) is 0 Å². The number of nitrogens with two attached hydrogens (primary N) is 1. The largest absolute Gasteiger partial charge is 0.336 e. The average Bonchev–Trinajstić information content (AvgIpc) is 2.88. The number of carbonyl (C=O) groups is 1. The van der Waals surface area contributed by atoms with Crippen molar-refractivity contribution in [2.75, 3.05) is 17.3 Å². The number of nitrogens with zero attached hydrogens (tertiary/aromatic N) is 5. The number of amides is 1. The molecule has 1 atom stereocenters. The number of hydrogen-bond donors (Lipinski definition) is 1. The summed E-state index contributed by atoms with van der Waals surface area (Å²) in [5, 5.41) is 16.7. The van der Waals surface area contributed by atoms with Crippen molar-refractivity contribution in [3.63, 3.8) is 0 Å². The summed E-state index contributed by atoms with van der Waals surface area (Å²) >= 11 is 1.25. The van der Waals surface area contributed by atoms with Crippen molar-refractivity contribution in [1.82, 2.24) is 14.9 Å². The fourth-order valence-electron chi connectivity index (χ4n) is 1.99. The van der Waals surface area contributed by atoms with Crippen molar-refractivity contribution in [3.05, 3.63) is 36.2 Å². The van der Waals surface area contributed by atoms with Crippen LogP contribution < -0.4 is 10.7 Å². The van der Waals surface area contributed by atoms with Crippen LogP contribution in [0.15, 0.2) is 35.5 Å². The molecule has 2 rings (SSSR count). The van der Waals surface area contributed by atoms with Crippen LogP contribution in [0.1, 0.15) is 19.2 Å². The number of aryl methyl sites for hydroxylation is 1. The predicted octanol–water partition coefficient (Wildman–Crippen LogP) is 1.73. The van der Waals surface area contributed by atoms with Crippen LogP contribution in [0.5, 0.6) is 0 Å². The van der Waals surface area contributed by atoms with Crippen LogP contribution in [0.25, 0.3) is 0 Å². The third-order valence-electron chi connectivity index (χ3n) is 3.25. The van der Waals surface area contributed by atoms with Crippen molar-refractivity contribution < 1.29 is 4.79 Å². The monoisotopic (exact) mass is 330 g/mol. The number of carbonyl (C=O) groups excluding carboxylic acids is 1. The van der Waals surface area contributed by atoms with Gasteiger partial charge in [-0.05, 0) is 26.0 Å². The zero-order valence-electron chi connectivity index (χ0n) is 13.0. The average molecular weight is 330 g/mol. The lowest BCUT2D eigenvalue weighted by Gasteiger charge is -2.24. The van der Waals surface area contributed by atoms with Gasteiger partial charge in [-0.1, -0.05) is 30.0 Å². The van der Waals surface area contributed by atoms with Crippen LogP contribution in [-0.4, -0.2) is 32.6 Å². The third kappa shape index (κ3) is 4.02. The number of rotatable bonds is 6. The number of nitriles is 1. The van der Waals surface area contributed by atoms with Gasteiger partial charge in [0, 0.05) is 12.2 Å². The molecule has 0 unspecified atom stereocenters. The van der Waals surface area contributed by atoms with Gasteiger partial charge in [-0.2, -0.15) is 5.26 Å². The maximum absolute atomic E-state index is 12.8. The van der Waals surface area contributed by atoms with Gasteiger partial charge in [-0.3, -0.25) is 4.79 Å². The number of thioether (sulfide) groups is 1. The highest BCUT2D eigenvalue weighted by molar-refractivity contribution is 8.00. The molecule has 0 aliphatic heterocycles. The van der Waals surface area contributed by atoms with Gasteiger partial charge in [0.05, 0.1) is 17.7 Å². The molecule has 8 heteroatoms. The first-order valence-electron chi connectivity index (χ1n) is 7.11. The minimum Gasteiger partial charge on any atom is -0.336 e. The number of nitrogen functional groups attached to an aromatic ring is 1. The second-order valence-electron chi connectivity index (χ2n) is 4.89. The number of aromatic nitrogens is 3. The lowest BCUT2D eigenvalue weighted by Crippen LogP contribution is -2.37. The normalized spacial score (nSPS) is 11.7. The van der Waals surface area contributed by atoms with Crippen LogP contribution in [0, 0.1) is 18.3 Å². The van der Waals surface area contributed by atoms with E-state index in [1.165, 1.54) is 16.4 Å². The molecule has 0 saturated carbocycles. The molecule has 1 aromatic carbocycles. The maximum atomic E-state index is 12.8. The van der Waals surface area contributed by atoms with E-state index in [1.54, 1.807) is 18.7 Å². The van der Waals surface area contributed by atoms with Crippen molar-refractivity contribution >= 4 is 23.4 Å². The molecule has 120 valence electrons. The van der Waals surface area contributed by atoms with E-state index in [-0.39, 0.29) is 12.3 Å². The molecular weight excluding hydrogens is 312 g/mol. The Labute approximate surface area is 139 Å². The fourth-order valence-corrected chi connectivity index (χ4v) is 2.87. The molecule has 0 aliphatic rings. The molecule has 0 fully saturated rings. The summed E-state index contributed by atoms with van der Waals surface area (Å²) in [5.41, 5.74) is 0.769. The molecule has 1 aromatic heterocycles. The first kappa shape index (κ1) is 16.8. The first-order chi connectivity index (χ1) is 11.0. The molecule has 1 heterocycles. The minimum atomic E-state index is -0.403. The zero-order valence-corrected chi connectivity index (χ0v) is 13.8. The Balaban J connectivity index is 2.16. The Hall–Kier alpha value is -2.53. The van der Waals surface area contributed by atoms with Crippen molar-refractivity contribution in [2.45, 2.75) is 30.7 Å². The summed E-state index contributed by atoms with van der Waals surface area (Å²) in [7, 11) is 0. The van der Waals surface area contributed by atoms with Gasteiger partial charge in [0.15, 0.2) is 0 Å². The van der Waals surface area contributed by atoms with E-state index in [1.807, 2.05) is 30.3 Å². The summed E-state index contributed by atoms with van der Waals surface area (Å²) in [6.45, 7) is 3.88. The second-order valence-corrected chi connectivity index (χ2v) is 6.20. The van der Waals surface area contributed by atoms with Gasteiger partial charge in [-0.25, -0.2) is 4.68 Å². The topological polar surface area (TPSA) is 101 Å². The van der Waals surface area contributed by atoms with E-state index in [2.05, 4.69) is 16.3 Å². The van der Waals surface area contributed by atoms with Crippen molar-refractivity contribution in [2.24, 2.45) is 0 Å². The molecule has 0 bridgehead atoms. The Bertz CT molecular complexity index is 709. The summed E-state index contributed by atoms with van der Waals surface area (Å²) in [4.78, 5) is 14.4. The Morgan fingerprint density at radius 2 is 2.13 bits per heavy atom. The third-order valence-corrected chi connectivity index (χ3v) is 4.29. The quantitative estimate of drug-likeness (QED) is 0.639. The molecule has 7 nitrogen and oxygen atoms in total. The Morgan fingerprint density at radius 1 is 1.43 bits per heavy atom. The molecule has 0 radical (unpaired) electrons. The van der Waals surface area contributed by atoms with Gasteiger partial charge < -0.3 is 10.7 Å². The molecule has 1 amide bonds. The molecule has 0 aliphatic carbocycles. The second kappa shape index (κ2) is 7.65. The summed E-state index contributed by atoms with van der Waals surface area (Å²) in [5.74, 6) is 6.30. The highest BCUT2D eigenvalue weighted by atomic mass is 32.2. The molecule has 0 spiro atoms. The maximum Gasteiger partial charge on any atom is 0.240 e. The SMILES string of the molecule is Cc1nnc(S[C@@H](C)C(=O)N(CCC#N)c2ccccc2)n1N. The minimum absolute atomic E-state index is 0.0999. The van der Waals surface area contributed by atoms with Crippen LogP contribution in [0.4, 0.5) is 5.69 Å². The van der Waals surface area contributed by atoms with E-state index in [0.29, 0.717) is 17.5 Å². The van der Waals surface area contributed by atoms with Gasteiger partial charge in [0.1, 0.15) is 5.82 Å². The zero-order chi connectivity index (χ0) is 16.8. The summed E-state index contributed by atoms with van der Waals surface area (Å²) in [6, 6.07) is 11.4. The van der Waals surface area contributed by atoms with Crippen molar-refractivity contribution in [1.29, 1.82) is 5.26 Å². The van der Waals surface area contributed by atoms with Crippen LogP contribution >= 0.6 is 11.8 Å². The molecule has 2 aromatic rings. The predicted molar refractivity (Wildman–Crippen MR) is 89.3 cm³/mol. The highest BCUT2D eigenvalue weighted by Crippen LogP contribution is 2.24. The smallest absolute Gasteiger partial charge is 0.240 e. The van der Waals surface area contributed by atoms with Gasteiger partial charge in [0.2, 0.25) is 11.1 Å². The van der Waals surface area contributed by atoms with E-state index in [9.17, 15) is 4.79 Å².